The predicted octanol–water partition coefficient (Wildman–Crippen LogP) is 1.80. The molecular weight excluding hydrogens is 266 g/mol. The Morgan fingerprint density at radius 3 is 3.00 bits per heavy atom. The lowest BCUT2D eigenvalue weighted by Crippen LogP contribution is -2.34. The van der Waals surface area contributed by atoms with Crippen LogP contribution in [0.1, 0.15) is 31.6 Å². The molecule has 102 valence electrons. The molecule has 2 atom stereocenters. The quantitative estimate of drug-likeness (QED) is 0.904. The Morgan fingerprint density at radius 1 is 1.37 bits per heavy atom. The molecule has 0 unspecified atom stereocenters. The van der Waals surface area contributed by atoms with Gasteiger partial charge >= 0.3 is 0 Å². The summed E-state index contributed by atoms with van der Waals surface area (Å²) < 4.78 is 5.35. The van der Waals surface area contributed by atoms with E-state index in [0.717, 1.165) is 19.4 Å². The average Bonchev–Trinajstić information content (AvgIpc) is 2.89. The highest BCUT2D eigenvalue weighted by Gasteiger charge is 2.25. The van der Waals surface area contributed by atoms with E-state index in [0.29, 0.717) is 29.4 Å². The van der Waals surface area contributed by atoms with Gasteiger partial charge in [-0.25, -0.2) is 4.98 Å². The summed E-state index contributed by atoms with van der Waals surface area (Å²) >= 11 is 0. The summed E-state index contributed by atoms with van der Waals surface area (Å²) in [6, 6.07) is 0.496. The van der Waals surface area contributed by atoms with E-state index in [-0.39, 0.29) is 12.4 Å². The van der Waals surface area contributed by atoms with Crippen molar-refractivity contribution in [3.8, 4) is 11.5 Å². The van der Waals surface area contributed by atoms with E-state index in [4.69, 9.17) is 4.52 Å². The van der Waals surface area contributed by atoms with E-state index >= 15 is 0 Å². The lowest BCUT2D eigenvalue weighted by molar-refractivity contribution is 0.295. The Morgan fingerprint density at radius 2 is 2.26 bits per heavy atom. The summed E-state index contributed by atoms with van der Waals surface area (Å²) in [5, 5.41) is 7.39. The van der Waals surface area contributed by atoms with Gasteiger partial charge in [-0.05, 0) is 26.3 Å². The van der Waals surface area contributed by atoms with Gasteiger partial charge in [0.1, 0.15) is 5.69 Å². The maximum atomic E-state index is 5.35. The van der Waals surface area contributed by atoms with Crippen LogP contribution in [0.25, 0.3) is 11.5 Å². The molecule has 3 rings (SSSR count). The highest BCUT2D eigenvalue weighted by Crippen LogP contribution is 2.27. The number of halogens is 1. The molecular formula is C12H16ClN5O. The van der Waals surface area contributed by atoms with Crippen molar-refractivity contribution in [2.24, 2.45) is 0 Å². The minimum Gasteiger partial charge on any atom is -0.339 e. The molecule has 1 N–H and O–H groups in total. The fraction of sp³-hybridized carbons (Fsp3) is 0.500. The first-order valence-corrected chi connectivity index (χ1v) is 6.16. The zero-order valence-corrected chi connectivity index (χ0v) is 11.4. The van der Waals surface area contributed by atoms with Crippen molar-refractivity contribution in [1.29, 1.82) is 0 Å². The molecule has 19 heavy (non-hydrogen) atoms. The zero-order valence-electron chi connectivity index (χ0n) is 10.6. The van der Waals surface area contributed by atoms with Gasteiger partial charge in [0.05, 0.1) is 6.20 Å². The molecule has 0 amide bonds. The van der Waals surface area contributed by atoms with Gasteiger partial charge in [-0.1, -0.05) is 5.16 Å². The van der Waals surface area contributed by atoms with Crippen LogP contribution >= 0.6 is 12.4 Å². The summed E-state index contributed by atoms with van der Waals surface area (Å²) in [5.74, 6) is 1.58. The van der Waals surface area contributed by atoms with E-state index in [1.54, 1.807) is 18.6 Å². The molecule has 7 heteroatoms. The second-order valence-corrected chi connectivity index (χ2v) is 4.62. The molecule has 0 spiro atoms. The monoisotopic (exact) mass is 281 g/mol. The minimum atomic E-state index is 0. The lowest BCUT2D eigenvalue weighted by atomic mass is 9.93. The van der Waals surface area contributed by atoms with Gasteiger partial charge in [0.25, 0.3) is 0 Å². The van der Waals surface area contributed by atoms with Crippen LogP contribution in [0.4, 0.5) is 0 Å². The standard InChI is InChI=1S/C12H15N5O.ClH/c1-8-6-9(2-3-14-8)12-16-11(17-18-12)10-7-13-4-5-15-10;/h4-5,7-9,14H,2-3,6H2,1H3;1H/t8-,9-;/m0./s1. The molecule has 0 bridgehead atoms. The van der Waals surface area contributed by atoms with Crippen molar-refractivity contribution < 1.29 is 4.52 Å². The van der Waals surface area contributed by atoms with E-state index in [9.17, 15) is 0 Å². The van der Waals surface area contributed by atoms with Gasteiger partial charge in [0.2, 0.25) is 11.7 Å². The van der Waals surface area contributed by atoms with Crippen molar-refractivity contribution in [3.05, 3.63) is 24.5 Å². The third kappa shape index (κ3) is 3.08. The van der Waals surface area contributed by atoms with Gasteiger partial charge in [-0.3, -0.25) is 4.98 Å². The first-order valence-electron chi connectivity index (χ1n) is 6.16. The maximum Gasteiger partial charge on any atom is 0.230 e. The lowest BCUT2D eigenvalue weighted by Gasteiger charge is -2.25. The van der Waals surface area contributed by atoms with Crippen LogP contribution in [-0.4, -0.2) is 32.7 Å². The molecule has 3 heterocycles. The van der Waals surface area contributed by atoms with Crippen LogP contribution in [-0.2, 0) is 0 Å². The molecule has 1 aliphatic heterocycles. The number of hydrogen-bond donors (Lipinski definition) is 1. The number of nitrogens with zero attached hydrogens (tertiary/aromatic N) is 4. The van der Waals surface area contributed by atoms with E-state index < -0.39 is 0 Å². The first kappa shape index (κ1) is 13.9. The van der Waals surface area contributed by atoms with Crippen molar-refractivity contribution in [3.63, 3.8) is 0 Å². The molecule has 2 aromatic rings. The molecule has 0 aromatic carbocycles. The molecule has 2 aromatic heterocycles. The number of rotatable bonds is 2. The van der Waals surface area contributed by atoms with Gasteiger partial charge in [0, 0.05) is 24.4 Å². The summed E-state index contributed by atoms with van der Waals surface area (Å²) in [6.45, 7) is 3.17. The van der Waals surface area contributed by atoms with Gasteiger partial charge in [-0.15, -0.1) is 12.4 Å². The number of aromatic nitrogens is 4. The second kappa shape index (κ2) is 6.08. The molecule has 0 saturated carbocycles. The van der Waals surface area contributed by atoms with E-state index in [1.807, 2.05) is 0 Å². The average molecular weight is 282 g/mol. The minimum absolute atomic E-state index is 0. The Hall–Kier alpha value is -1.53. The van der Waals surface area contributed by atoms with Crippen LogP contribution in [0.3, 0.4) is 0 Å². The second-order valence-electron chi connectivity index (χ2n) is 4.62. The number of nitrogens with one attached hydrogen (secondary N) is 1. The third-order valence-electron chi connectivity index (χ3n) is 3.21. The fourth-order valence-corrected chi connectivity index (χ4v) is 2.28. The van der Waals surface area contributed by atoms with Gasteiger partial charge in [0.15, 0.2) is 0 Å². The zero-order chi connectivity index (χ0) is 12.4. The molecule has 1 fully saturated rings. The highest BCUT2D eigenvalue weighted by atomic mass is 35.5. The molecule has 6 nitrogen and oxygen atoms in total. The summed E-state index contributed by atoms with van der Waals surface area (Å²) in [4.78, 5) is 12.6. The van der Waals surface area contributed by atoms with Gasteiger partial charge in [-0.2, -0.15) is 4.98 Å². The SMILES string of the molecule is C[C@H]1C[C@@H](c2nc(-c3cnccn3)no2)CCN1.Cl. The fourth-order valence-electron chi connectivity index (χ4n) is 2.28. The molecule has 0 aliphatic carbocycles. The van der Waals surface area contributed by atoms with Crippen LogP contribution in [0.15, 0.2) is 23.1 Å². The predicted molar refractivity (Wildman–Crippen MR) is 72.0 cm³/mol. The summed E-state index contributed by atoms with van der Waals surface area (Å²) in [5.41, 5.74) is 0.648. The largest absolute Gasteiger partial charge is 0.339 e. The van der Waals surface area contributed by atoms with Crippen molar-refractivity contribution in [2.45, 2.75) is 31.7 Å². The van der Waals surface area contributed by atoms with Crippen molar-refractivity contribution >= 4 is 12.4 Å². The van der Waals surface area contributed by atoms with Gasteiger partial charge < -0.3 is 9.84 Å². The van der Waals surface area contributed by atoms with Crippen LogP contribution in [0.2, 0.25) is 0 Å². The summed E-state index contributed by atoms with van der Waals surface area (Å²) in [7, 11) is 0. The van der Waals surface area contributed by atoms with E-state index in [1.165, 1.54) is 0 Å². The van der Waals surface area contributed by atoms with E-state index in [2.05, 4.69) is 32.3 Å². The third-order valence-corrected chi connectivity index (χ3v) is 3.21. The van der Waals surface area contributed by atoms with Crippen molar-refractivity contribution in [1.82, 2.24) is 25.4 Å². The number of piperidine rings is 1. The Balaban J connectivity index is 0.00000133. The molecule has 1 saturated heterocycles. The van der Waals surface area contributed by atoms with Crippen molar-refractivity contribution in [2.75, 3.05) is 6.54 Å². The highest BCUT2D eigenvalue weighted by molar-refractivity contribution is 5.85. The summed E-state index contributed by atoms with van der Waals surface area (Å²) in [6.07, 6.45) is 6.95. The van der Waals surface area contributed by atoms with Crippen LogP contribution < -0.4 is 5.32 Å². The molecule has 1 aliphatic rings. The van der Waals surface area contributed by atoms with Crippen LogP contribution in [0.5, 0.6) is 0 Å². The first-order chi connectivity index (χ1) is 8.83. The smallest absolute Gasteiger partial charge is 0.230 e. The topological polar surface area (TPSA) is 76.7 Å². The Bertz CT molecular complexity index is 518. The number of hydrogen-bond acceptors (Lipinski definition) is 6. The Labute approximate surface area is 117 Å². The Kier molecular flexibility index (Phi) is 4.44. The molecule has 0 radical (unpaired) electrons. The van der Waals surface area contributed by atoms with Crippen LogP contribution in [0, 0.1) is 0 Å². The maximum absolute atomic E-state index is 5.35. The normalized spacial score (nSPS) is 22.8.